The lowest BCUT2D eigenvalue weighted by molar-refractivity contribution is -0.198. The average Bonchev–Trinajstić information content (AvgIpc) is 3.41. The third-order valence-corrected chi connectivity index (χ3v) is 13.7. The Morgan fingerprint density at radius 2 is 1.51 bits per heavy atom. The van der Waals surface area contributed by atoms with E-state index in [4.69, 9.17) is 4.74 Å². The van der Waals surface area contributed by atoms with Crippen molar-refractivity contribution in [3.05, 3.63) is 0 Å². The maximum atomic E-state index is 12.8. The van der Waals surface area contributed by atoms with Crippen molar-refractivity contribution in [3.63, 3.8) is 0 Å². The second-order valence-corrected chi connectivity index (χ2v) is 15.0. The zero-order valence-electron chi connectivity index (χ0n) is 24.3. The van der Waals surface area contributed by atoms with Crippen molar-refractivity contribution in [3.8, 4) is 0 Å². The molecule has 0 aromatic rings. The Bertz CT molecular complexity index is 988. The first-order valence-corrected chi connectivity index (χ1v) is 15.1. The molecule has 1 N–H and O–H groups in total. The van der Waals surface area contributed by atoms with Gasteiger partial charge in [0.25, 0.3) is 0 Å². The molecule has 5 aliphatic carbocycles. The first-order chi connectivity index (χ1) is 17.2. The monoisotopic (exact) mass is 514 g/mol. The minimum atomic E-state index is -1.00. The number of carboxylic acids is 1. The highest BCUT2D eigenvalue weighted by Crippen LogP contribution is 2.89. The van der Waals surface area contributed by atoms with Gasteiger partial charge in [-0.05, 0) is 116 Å². The van der Waals surface area contributed by atoms with Crippen LogP contribution in [-0.4, -0.2) is 28.9 Å². The number of carbonyl (C=O) groups is 3. The fraction of sp³-hybridized carbons (Fsp3) is 0.906. The maximum Gasteiger partial charge on any atom is 0.313 e. The van der Waals surface area contributed by atoms with Gasteiger partial charge in [-0.2, -0.15) is 0 Å². The molecule has 5 heteroatoms. The summed E-state index contributed by atoms with van der Waals surface area (Å²) in [5.41, 5.74) is -0.0983. The second kappa shape index (κ2) is 8.55. The number of rotatable bonds is 7. The normalized spacial score (nSPS) is 48.8. The molecule has 37 heavy (non-hydrogen) atoms. The molecule has 5 fully saturated rings. The number of fused-ring (bicyclic) bond motifs is 2. The van der Waals surface area contributed by atoms with Gasteiger partial charge in [0.15, 0.2) is 0 Å². The van der Waals surface area contributed by atoms with Crippen molar-refractivity contribution in [2.75, 3.05) is 0 Å². The number of aliphatic carboxylic acids is 1. The summed E-state index contributed by atoms with van der Waals surface area (Å²) in [5, 5.41) is 10.5. The summed E-state index contributed by atoms with van der Waals surface area (Å²) < 4.78 is 5.67. The van der Waals surface area contributed by atoms with Crippen molar-refractivity contribution in [2.24, 2.45) is 56.7 Å². The number of ether oxygens (including phenoxy) is 1. The van der Waals surface area contributed by atoms with Gasteiger partial charge in [-0.25, -0.2) is 0 Å². The molecule has 5 rings (SSSR count). The van der Waals surface area contributed by atoms with Gasteiger partial charge in [-0.1, -0.05) is 34.6 Å². The fourth-order valence-corrected chi connectivity index (χ4v) is 11.5. The second-order valence-electron chi connectivity index (χ2n) is 15.0. The summed E-state index contributed by atoms with van der Waals surface area (Å²) in [6, 6.07) is 0. The van der Waals surface area contributed by atoms with Crippen molar-refractivity contribution in [1.29, 1.82) is 0 Å². The van der Waals surface area contributed by atoms with Crippen molar-refractivity contribution < 1.29 is 24.2 Å². The number of hydrogen-bond acceptors (Lipinski definition) is 4. The van der Waals surface area contributed by atoms with Gasteiger partial charge in [-0.3, -0.25) is 14.4 Å². The van der Waals surface area contributed by atoms with Gasteiger partial charge in [0, 0.05) is 19.3 Å². The van der Waals surface area contributed by atoms with Gasteiger partial charge in [0.1, 0.15) is 17.3 Å². The van der Waals surface area contributed by atoms with Crippen LogP contribution in [0.5, 0.6) is 0 Å². The van der Waals surface area contributed by atoms with Crippen LogP contribution in [0.3, 0.4) is 0 Å². The Hall–Kier alpha value is -1.39. The lowest BCUT2D eigenvalue weighted by Gasteiger charge is -2.63. The molecule has 0 aliphatic heterocycles. The minimum absolute atomic E-state index is 0.0815. The predicted octanol–water partition coefficient (Wildman–Crippen LogP) is 7.06. The number of carboxylic acid groups (broad SMARTS) is 1. The zero-order chi connectivity index (χ0) is 27.2. The summed E-state index contributed by atoms with van der Waals surface area (Å²) in [6.07, 6.45) is 11.0. The van der Waals surface area contributed by atoms with Gasteiger partial charge in [-0.15, -0.1) is 0 Å². The summed E-state index contributed by atoms with van der Waals surface area (Å²) in [5.74, 6) is 1.31. The topological polar surface area (TPSA) is 80.7 Å². The van der Waals surface area contributed by atoms with E-state index in [1.807, 2.05) is 20.8 Å². The summed E-state index contributed by atoms with van der Waals surface area (Å²) in [7, 11) is 0. The number of carbonyl (C=O) groups excluding carboxylic acids is 2. The third kappa shape index (κ3) is 3.43. The van der Waals surface area contributed by atoms with E-state index in [0.717, 1.165) is 25.7 Å². The van der Waals surface area contributed by atoms with Crippen LogP contribution >= 0.6 is 0 Å². The van der Waals surface area contributed by atoms with Gasteiger partial charge >= 0.3 is 11.9 Å². The van der Waals surface area contributed by atoms with Crippen LogP contribution in [-0.2, 0) is 19.1 Å². The predicted molar refractivity (Wildman–Crippen MR) is 143 cm³/mol. The molecule has 2 spiro atoms. The molecule has 208 valence electrons. The Balaban J connectivity index is 1.40. The highest BCUT2D eigenvalue weighted by molar-refractivity contribution is 5.80. The highest BCUT2D eigenvalue weighted by Gasteiger charge is 2.83. The van der Waals surface area contributed by atoms with Crippen LogP contribution in [0.1, 0.15) is 119 Å². The van der Waals surface area contributed by atoms with Crippen LogP contribution < -0.4 is 0 Å². The Morgan fingerprint density at radius 1 is 0.865 bits per heavy atom. The first-order valence-electron chi connectivity index (χ1n) is 15.1. The average molecular weight is 515 g/mol. The molecule has 0 bridgehead atoms. The van der Waals surface area contributed by atoms with Crippen LogP contribution in [0, 0.1) is 56.7 Å². The van der Waals surface area contributed by atoms with Crippen molar-refractivity contribution in [1.82, 2.24) is 0 Å². The summed E-state index contributed by atoms with van der Waals surface area (Å²) in [4.78, 5) is 37.0. The molecule has 5 nitrogen and oxygen atoms in total. The Kier molecular flexibility index (Phi) is 6.28. The highest BCUT2D eigenvalue weighted by atomic mass is 16.5. The van der Waals surface area contributed by atoms with E-state index >= 15 is 0 Å². The molecule has 0 heterocycles. The number of ketones is 1. The lowest BCUT2D eigenvalue weighted by Crippen LogP contribution is -2.60. The van der Waals surface area contributed by atoms with Crippen molar-refractivity contribution >= 4 is 17.7 Å². The molecule has 0 radical (unpaired) electrons. The van der Waals surface area contributed by atoms with E-state index in [2.05, 4.69) is 20.8 Å². The summed E-state index contributed by atoms with van der Waals surface area (Å²) in [6.45, 7) is 14.8. The third-order valence-electron chi connectivity index (χ3n) is 13.7. The molecule has 3 unspecified atom stereocenters. The van der Waals surface area contributed by atoms with E-state index in [0.29, 0.717) is 36.4 Å². The van der Waals surface area contributed by atoms with Gasteiger partial charge in [0.05, 0.1) is 0 Å². The summed E-state index contributed by atoms with van der Waals surface area (Å²) >= 11 is 0. The van der Waals surface area contributed by atoms with Crippen LogP contribution in [0.2, 0.25) is 0 Å². The standard InChI is InChI=1S/C32H50O5/c1-19(2)23(34)9-8-20(3)22-12-14-29(6)24-10-11-25-30(7,27(35)36)26(37-21(4)33)13-15-31(25)18-32(24,31)17-16-28(22,29)5/h19-20,22,24-26H,8-18H2,1-7H3,(H,35,36)/t20-,22-,24?,25+,26+,28-,29+,30+,31?,32?/m1/s1. The Morgan fingerprint density at radius 3 is 2.14 bits per heavy atom. The molecule has 0 saturated heterocycles. The largest absolute Gasteiger partial charge is 0.481 e. The van der Waals surface area contributed by atoms with Gasteiger partial charge in [0.2, 0.25) is 0 Å². The van der Waals surface area contributed by atoms with E-state index in [-0.39, 0.29) is 39.5 Å². The molecule has 0 aromatic heterocycles. The fourth-order valence-electron chi connectivity index (χ4n) is 11.5. The zero-order valence-corrected chi connectivity index (χ0v) is 24.3. The van der Waals surface area contributed by atoms with Gasteiger partial charge < -0.3 is 9.84 Å². The van der Waals surface area contributed by atoms with Crippen LogP contribution in [0.25, 0.3) is 0 Å². The smallest absolute Gasteiger partial charge is 0.313 e. The molecule has 5 saturated carbocycles. The first kappa shape index (κ1) is 27.2. The van der Waals surface area contributed by atoms with E-state index < -0.39 is 17.5 Å². The molecular formula is C32H50O5. The number of Topliss-reactive ketones (excluding diaryl/α,β-unsaturated/α-hetero) is 1. The van der Waals surface area contributed by atoms with Crippen LogP contribution in [0.15, 0.2) is 0 Å². The molecule has 10 atom stereocenters. The van der Waals surface area contributed by atoms with E-state index in [1.165, 1.54) is 39.0 Å². The molecule has 5 aliphatic rings. The number of esters is 1. The van der Waals surface area contributed by atoms with E-state index in [1.54, 1.807) is 0 Å². The minimum Gasteiger partial charge on any atom is -0.481 e. The molecular weight excluding hydrogens is 464 g/mol. The van der Waals surface area contributed by atoms with Crippen LogP contribution in [0.4, 0.5) is 0 Å². The van der Waals surface area contributed by atoms with Crippen molar-refractivity contribution in [2.45, 2.75) is 125 Å². The van der Waals surface area contributed by atoms with E-state index in [9.17, 15) is 19.5 Å². The quantitative estimate of drug-likeness (QED) is 0.368. The Labute approximate surface area is 223 Å². The SMILES string of the molecule is CC(=O)O[C@H]1CCC23CC24CC[C@]2(C)[C@@H]([C@H](C)CCC(=O)C(C)C)CC[C@@]2(C)C4CC[C@H]3[C@]1(C)C(=O)O. The lowest BCUT2D eigenvalue weighted by atomic mass is 9.41. The number of hydrogen-bond donors (Lipinski definition) is 1. The molecule has 0 aromatic carbocycles. The maximum absolute atomic E-state index is 12.8. The molecule has 0 amide bonds.